The van der Waals surface area contributed by atoms with Crippen molar-refractivity contribution in [1.82, 2.24) is 4.57 Å². The third-order valence-electron chi connectivity index (χ3n) is 2.13. The number of carbonyl (C=O) groups is 1. The second-order valence-electron chi connectivity index (χ2n) is 3.29. The molecule has 2 aromatic rings. The first-order valence-electron chi connectivity index (χ1n) is 4.54. The molecule has 0 radical (unpaired) electrons. The first-order valence-corrected chi connectivity index (χ1v) is 4.54. The van der Waals surface area contributed by atoms with E-state index >= 15 is 0 Å². The molecule has 0 saturated carbocycles. The molecule has 1 N–H and O–H groups in total. The molecule has 0 aliphatic rings. The average molecular weight is 239 g/mol. The molecule has 0 fully saturated rings. The lowest BCUT2D eigenvalue weighted by atomic mass is 10.2. The van der Waals surface area contributed by atoms with Gasteiger partial charge in [0.1, 0.15) is 17.9 Å². The second kappa shape index (κ2) is 3.85. The molecular formula is C10H6FNO5. The molecule has 88 valence electrons. The zero-order valence-electron chi connectivity index (χ0n) is 8.34. The van der Waals surface area contributed by atoms with Gasteiger partial charge in [-0.3, -0.25) is 9.59 Å². The number of carboxylic acids is 1. The Bertz CT molecular complexity index is 715. The predicted molar refractivity (Wildman–Crippen MR) is 54.3 cm³/mol. The van der Waals surface area contributed by atoms with Crippen molar-refractivity contribution in [2.45, 2.75) is 6.54 Å². The molecule has 1 aromatic heterocycles. The fourth-order valence-electron chi connectivity index (χ4n) is 1.41. The Kier molecular flexibility index (Phi) is 2.51. The van der Waals surface area contributed by atoms with Crippen LogP contribution in [0.2, 0.25) is 0 Å². The van der Waals surface area contributed by atoms with Gasteiger partial charge in [0.25, 0.3) is 5.56 Å². The molecule has 17 heavy (non-hydrogen) atoms. The van der Waals surface area contributed by atoms with E-state index in [-0.39, 0.29) is 11.0 Å². The highest BCUT2D eigenvalue weighted by atomic mass is 19.1. The van der Waals surface area contributed by atoms with Gasteiger partial charge >= 0.3 is 11.7 Å². The van der Waals surface area contributed by atoms with Crippen molar-refractivity contribution in [3.8, 4) is 0 Å². The fourth-order valence-corrected chi connectivity index (χ4v) is 1.41. The van der Waals surface area contributed by atoms with E-state index in [1.54, 1.807) is 0 Å². The summed E-state index contributed by atoms with van der Waals surface area (Å²) in [6.07, 6.45) is 0. The van der Waals surface area contributed by atoms with E-state index in [1.165, 1.54) is 0 Å². The van der Waals surface area contributed by atoms with Crippen molar-refractivity contribution >= 4 is 16.9 Å². The van der Waals surface area contributed by atoms with Crippen molar-refractivity contribution < 1.29 is 18.7 Å². The van der Waals surface area contributed by atoms with Gasteiger partial charge in [-0.2, -0.15) is 0 Å². The largest absolute Gasteiger partial charge is 0.480 e. The lowest BCUT2D eigenvalue weighted by Crippen LogP contribution is -2.35. The number of benzene rings is 1. The van der Waals surface area contributed by atoms with E-state index in [2.05, 4.69) is 4.42 Å². The fraction of sp³-hybridized carbons (Fsp3) is 0.100. The summed E-state index contributed by atoms with van der Waals surface area (Å²) < 4.78 is 17.9. The maximum absolute atomic E-state index is 12.8. The Morgan fingerprint density at radius 3 is 2.76 bits per heavy atom. The minimum atomic E-state index is -1.35. The zero-order valence-corrected chi connectivity index (χ0v) is 8.34. The van der Waals surface area contributed by atoms with Gasteiger partial charge in [-0.15, -0.1) is 0 Å². The lowest BCUT2D eigenvalue weighted by molar-refractivity contribution is -0.137. The van der Waals surface area contributed by atoms with Crippen LogP contribution in [0.15, 0.2) is 32.2 Å². The SMILES string of the molecule is O=C(O)Cn1c(=O)oc2cc(F)ccc2c1=O. The van der Waals surface area contributed by atoms with Crippen LogP contribution in [-0.2, 0) is 11.3 Å². The van der Waals surface area contributed by atoms with Crippen LogP contribution in [0.4, 0.5) is 4.39 Å². The number of nitrogens with zero attached hydrogens (tertiary/aromatic N) is 1. The number of aliphatic carboxylic acids is 1. The van der Waals surface area contributed by atoms with Gasteiger partial charge in [-0.1, -0.05) is 0 Å². The second-order valence-corrected chi connectivity index (χ2v) is 3.29. The molecule has 0 saturated heterocycles. The normalized spacial score (nSPS) is 10.6. The molecule has 0 atom stereocenters. The van der Waals surface area contributed by atoms with E-state index in [1.807, 2.05) is 0 Å². The number of hydrogen-bond donors (Lipinski definition) is 1. The van der Waals surface area contributed by atoms with Crippen LogP contribution in [-0.4, -0.2) is 15.6 Å². The number of hydrogen-bond acceptors (Lipinski definition) is 4. The summed E-state index contributed by atoms with van der Waals surface area (Å²) in [6, 6.07) is 3.05. The maximum atomic E-state index is 12.8. The molecule has 0 unspecified atom stereocenters. The van der Waals surface area contributed by atoms with Crippen LogP contribution >= 0.6 is 0 Å². The molecule has 7 heteroatoms. The standard InChI is InChI=1S/C10H6FNO5/c11-5-1-2-6-7(3-5)17-10(16)12(9(6)15)4-8(13)14/h1-3H,4H2,(H,13,14). The van der Waals surface area contributed by atoms with E-state index in [0.717, 1.165) is 18.2 Å². The Hall–Kier alpha value is -2.44. The highest BCUT2D eigenvalue weighted by molar-refractivity contribution is 5.75. The van der Waals surface area contributed by atoms with Gasteiger partial charge in [-0.25, -0.2) is 13.8 Å². The van der Waals surface area contributed by atoms with Gasteiger partial charge in [0.15, 0.2) is 0 Å². The molecule has 0 aliphatic heterocycles. The molecule has 1 aromatic carbocycles. The molecule has 0 amide bonds. The van der Waals surface area contributed by atoms with Crippen LogP contribution < -0.4 is 11.3 Å². The Morgan fingerprint density at radius 2 is 2.12 bits per heavy atom. The highest BCUT2D eigenvalue weighted by Crippen LogP contribution is 2.09. The number of carboxylic acid groups (broad SMARTS) is 1. The summed E-state index contributed by atoms with van der Waals surface area (Å²) >= 11 is 0. The third kappa shape index (κ3) is 1.94. The zero-order chi connectivity index (χ0) is 12.6. The monoisotopic (exact) mass is 239 g/mol. The van der Waals surface area contributed by atoms with Gasteiger partial charge in [0, 0.05) is 6.07 Å². The number of halogens is 1. The van der Waals surface area contributed by atoms with Crippen molar-refractivity contribution in [3.05, 3.63) is 44.9 Å². The summed E-state index contributed by atoms with van der Waals surface area (Å²) in [5.41, 5.74) is -1.03. The minimum Gasteiger partial charge on any atom is -0.480 e. The third-order valence-corrected chi connectivity index (χ3v) is 2.13. The molecule has 0 aliphatic carbocycles. The van der Waals surface area contributed by atoms with Crippen molar-refractivity contribution in [3.63, 3.8) is 0 Å². The summed E-state index contributed by atoms with van der Waals surface area (Å²) in [5, 5.41) is 8.48. The van der Waals surface area contributed by atoms with Crippen LogP contribution in [0.25, 0.3) is 11.0 Å². The lowest BCUT2D eigenvalue weighted by Gasteiger charge is -2.01. The Balaban J connectivity index is 2.81. The quantitative estimate of drug-likeness (QED) is 0.807. The first kappa shape index (κ1) is 11.1. The van der Waals surface area contributed by atoms with Gasteiger partial charge < -0.3 is 9.52 Å². The number of rotatable bonds is 2. The minimum absolute atomic E-state index is 0.0488. The van der Waals surface area contributed by atoms with Gasteiger partial charge in [-0.05, 0) is 12.1 Å². The Morgan fingerprint density at radius 1 is 1.41 bits per heavy atom. The van der Waals surface area contributed by atoms with Crippen molar-refractivity contribution in [2.75, 3.05) is 0 Å². The summed E-state index contributed by atoms with van der Waals surface area (Å²) in [6.45, 7) is -0.797. The van der Waals surface area contributed by atoms with Gasteiger partial charge in [0.2, 0.25) is 0 Å². The number of aromatic nitrogens is 1. The average Bonchev–Trinajstić information content (AvgIpc) is 2.23. The topological polar surface area (TPSA) is 89.5 Å². The highest BCUT2D eigenvalue weighted by Gasteiger charge is 2.12. The maximum Gasteiger partial charge on any atom is 0.422 e. The van der Waals surface area contributed by atoms with E-state index in [0.29, 0.717) is 4.57 Å². The van der Waals surface area contributed by atoms with Crippen molar-refractivity contribution in [1.29, 1.82) is 0 Å². The van der Waals surface area contributed by atoms with E-state index < -0.39 is 29.6 Å². The summed E-state index contributed by atoms with van der Waals surface area (Å²) in [4.78, 5) is 33.5. The number of fused-ring (bicyclic) bond motifs is 1. The van der Waals surface area contributed by atoms with Crippen LogP contribution in [0.5, 0.6) is 0 Å². The molecule has 2 rings (SSSR count). The molecule has 0 bridgehead atoms. The molecule has 6 nitrogen and oxygen atoms in total. The summed E-state index contributed by atoms with van der Waals surface area (Å²) in [5.74, 6) is -3.13. The predicted octanol–water partition coefficient (Wildman–Crippen LogP) is 0.178. The molecular weight excluding hydrogens is 233 g/mol. The van der Waals surface area contributed by atoms with Gasteiger partial charge in [0.05, 0.1) is 5.39 Å². The smallest absolute Gasteiger partial charge is 0.422 e. The van der Waals surface area contributed by atoms with Crippen LogP contribution in [0.3, 0.4) is 0 Å². The van der Waals surface area contributed by atoms with E-state index in [4.69, 9.17) is 5.11 Å². The summed E-state index contributed by atoms with van der Waals surface area (Å²) in [7, 11) is 0. The molecule has 1 heterocycles. The first-order chi connectivity index (χ1) is 7.99. The van der Waals surface area contributed by atoms with E-state index in [9.17, 15) is 18.8 Å². The van der Waals surface area contributed by atoms with Crippen molar-refractivity contribution in [2.24, 2.45) is 0 Å². The molecule has 0 spiro atoms. The van der Waals surface area contributed by atoms with Crippen LogP contribution in [0, 0.1) is 5.82 Å². The van der Waals surface area contributed by atoms with Crippen LogP contribution in [0.1, 0.15) is 0 Å². The Labute approximate surface area is 92.5 Å².